The van der Waals surface area contributed by atoms with Crippen molar-refractivity contribution in [2.24, 2.45) is 0 Å². The van der Waals surface area contributed by atoms with Crippen LogP contribution in [0, 0.1) is 6.92 Å². The van der Waals surface area contributed by atoms with E-state index in [1.807, 2.05) is 19.1 Å². The summed E-state index contributed by atoms with van der Waals surface area (Å²) in [6.45, 7) is 2.80. The third kappa shape index (κ3) is 5.15. The summed E-state index contributed by atoms with van der Waals surface area (Å²) in [5.74, 6) is 0.626. The Labute approximate surface area is 141 Å². The molecule has 0 aliphatic rings. The Morgan fingerprint density at radius 3 is 2.71 bits per heavy atom. The largest absolute Gasteiger partial charge is 0.496 e. The Hall–Kier alpha value is -2.76. The molecular weight excluding hydrogens is 308 g/mol. The van der Waals surface area contributed by atoms with Crippen LogP contribution >= 0.6 is 0 Å². The van der Waals surface area contributed by atoms with Crippen LogP contribution in [0.2, 0.25) is 0 Å². The molecule has 2 amide bonds. The second kappa shape index (κ2) is 8.76. The van der Waals surface area contributed by atoms with Gasteiger partial charge in [0, 0.05) is 19.5 Å². The number of nitrogens with one attached hydrogen (secondary N) is 2. The van der Waals surface area contributed by atoms with Crippen LogP contribution in [0.5, 0.6) is 5.75 Å². The Morgan fingerprint density at radius 1 is 1.17 bits per heavy atom. The van der Waals surface area contributed by atoms with E-state index in [-0.39, 0.29) is 30.5 Å². The van der Waals surface area contributed by atoms with E-state index in [1.54, 1.807) is 19.2 Å². The van der Waals surface area contributed by atoms with Crippen molar-refractivity contribution in [3.05, 3.63) is 53.5 Å². The maximum Gasteiger partial charge on any atom is 0.286 e. The van der Waals surface area contributed by atoms with Crippen LogP contribution < -0.4 is 15.4 Å². The summed E-state index contributed by atoms with van der Waals surface area (Å²) in [5, 5.41) is 5.48. The number of methoxy groups -OCH3 is 1. The molecule has 6 nitrogen and oxygen atoms in total. The van der Waals surface area contributed by atoms with Gasteiger partial charge in [-0.05, 0) is 37.1 Å². The lowest BCUT2D eigenvalue weighted by Crippen LogP contribution is -2.31. The second-order valence-corrected chi connectivity index (χ2v) is 5.40. The molecule has 0 radical (unpaired) electrons. The van der Waals surface area contributed by atoms with E-state index in [2.05, 4.69) is 16.7 Å². The van der Waals surface area contributed by atoms with Gasteiger partial charge in [-0.1, -0.05) is 17.7 Å². The highest BCUT2D eigenvalue weighted by atomic mass is 16.5. The minimum Gasteiger partial charge on any atom is -0.496 e. The van der Waals surface area contributed by atoms with Crippen molar-refractivity contribution in [3.8, 4) is 5.75 Å². The maximum absolute atomic E-state index is 11.8. The normalized spacial score (nSPS) is 10.2. The quantitative estimate of drug-likeness (QED) is 0.776. The van der Waals surface area contributed by atoms with Crippen molar-refractivity contribution < 1.29 is 18.7 Å². The minimum atomic E-state index is -0.322. The number of hydrogen-bond acceptors (Lipinski definition) is 4. The predicted molar refractivity (Wildman–Crippen MR) is 90.1 cm³/mol. The number of benzene rings is 1. The molecule has 0 saturated carbocycles. The van der Waals surface area contributed by atoms with Crippen LogP contribution in [0.1, 0.15) is 28.1 Å². The summed E-state index contributed by atoms with van der Waals surface area (Å²) in [7, 11) is 1.63. The summed E-state index contributed by atoms with van der Waals surface area (Å²) in [6, 6.07) is 9.18. The van der Waals surface area contributed by atoms with Gasteiger partial charge in [-0.25, -0.2) is 0 Å². The van der Waals surface area contributed by atoms with E-state index in [0.29, 0.717) is 13.0 Å². The fraction of sp³-hybridized carbons (Fsp3) is 0.333. The van der Waals surface area contributed by atoms with Gasteiger partial charge in [0.25, 0.3) is 5.91 Å². The molecule has 0 aliphatic carbocycles. The summed E-state index contributed by atoms with van der Waals surface area (Å²) in [6.07, 6.45) is 2.34. The van der Waals surface area contributed by atoms with Crippen LogP contribution in [-0.4, -0.2) is 32.0 Å². The van der Waals surface area contributed by atoms with Gasteiger partial charge in [0.2, 0.25) is 5.91 Å². The molecule has 0 atom stereocenters. The van der Waals surface area contributed by atoms with Crippen LogP contribution in [0.3, 0.4) is 0 Å². The van der Waals surface area contributed by atoms with Gasteiger partial charge >= 0.3 is 0 Å². The molecule has 2 aromatic rings. The molecule has 0 bridgehead atoms. The summed E-state index contributed by atoms with van der Waals surface area (Å²) >= 11 is 0. The fourth-order valence-electron chi connectivity index (χ4n) is 2.31. The average Bonchev–Trinajstić information content (AvgIpc) is 3.09. The van der Waals surface area contributed by atoms with Gasteiger partial charge in [0.05, 0.1) is 13.4 Å². The molecule has 0 unspecified atom stereocenters. The van der Waals surface area contributed by atoms with Gasteiger partial charge in [-0.15, -0.1) is 0 Å². The number of rotatable bonds is 8. The molecule has 0 fully saturated rings. The third-order valence-electron chi connectivity index (χ3n) is 3.53. The molecular formula is C18H22N2O4. The van der Waals surface area contributed by atoms with Gasteiger partial charge < -0.3 is 19.8 Å². The number of aryl methyl sites for hydroxylation is 1. The molecule has 1 aromatic heterocycles. The highest BCUT2D eigenvalue weighted by Crippen LogP contribution is 2.19. The van der Waals surface area contributed by atoms with Crippen LogP contribution in [0.25, 0.3) is 0 Å². The molecule has 128 valence electrons. The number of carbonyl (C=O) groups is 2. The second-order valence-electron chi connectivity index (χ2n) is 5.40. The van der Waals surface area contributed by atoms with E-state index in [1.165, 1.54) is 6.26 Å². The average molecular weight is 330 g/mol. The Kier molecular flexibility index (Phi) is 6.42. The van der Waals surface area contributed by atoms with Gasteiger partial charge in [-0.3, -0.25) is 9.59 Å². The zero-order valence-electron chi connectivity index (χ0n) is 13.9. The van der Waals surface area contributed by atoms with E-state index in [9.17, 15) is 9.59 Å². The topological polar surface area (TPSA) is 80.6 Å². The van der Waals surface area contributed by atoms with Crippen molar-refractivity contribution in [1.82, 2.24) is 10.6 Å². The molecule has 1 heterocycles. The number of ether oxygens (including phenoxy) is 1. The molecule has 6 heteroatoms. The molecule has 0 saturated heterocycles. The number of amides is 2. The monoisotopic (exact) mass is 330 g/mol. The van der Waals surface area contributed by atoms with Gasteiger partial charge in [-0.2, -0.15) is 0 Å². The molecule has 2 rings (SSSR count). The highest BCUT2D eigenvalue weighted by molar-refractivity contribution is 5.91. The third-order valence-corrected chi connectivity index (χ3v) is 3.53. The molecule has 1 aromatic carbocycles. The lowest BCUT2D eigenvalue weighted by molar-refractivity contribution is -0.120. The smallest absolute Gasteiger partial charge is 0.286 e. The highest BCUT2D eigenvalue weighted by Gasteiger charge is 2.09. The fourth-order valence-corrected chi connectivity index (χ4v) is 2.31. The summed E-state index contributed by atoms with van der Waals surface area (Å²) < 4.78 is 10.3. The Balaban J connectivity index is 1.68. The first-order chi connectivity index (χ1) is 11.6. The number of furan rings is 1. The van der Waals surface area contributed by atoms with Crippen LogP contribution in [0.4, 0.5) is 0 Å². The first kappa shape index (κ1) is 17.6. The van der Waals surface area contributed by atoms with Gasteiger partial charge in [0.15, 0.2) is 5.76 Å². The minimum absolute atomic E-state index is 0.110. The zero-order valence-corrected chi connectivity index (χ0v) is 13.9. The number of carbonyl (C=O) groups excluding carboxylic acids is 2. The lowest BCUT2D eigenvalue weighted by Gasteiger charge is -2.10. The first-order valence-corrected chi connectivity index (χ1v) is 7.82. The maximum atomic E-state index is 11.8. The zero-order chi connectivity index (χ0) is 17.4. The standard InChI is InChI=1S/C18H22N2O4/c1-13-5-6-15(23-2)14(12-13)7-9-19-17(21)8-10-20-18(22)16-4-3-11-24-16/h3-6,11-12H,7-10H2,1-2H3,(H,19,21)(H,20,22). The van der Waals surface area contributed by atoms with Crippen molar-refractivity contribution in [3.63, 3.8) is 0 Å². The van der Waals surface area contributed by atoms with E-state index >= 15 is 0 Å². The van der Waals surface area contributed by atoms with E-state index in [4.69, 9.17) is 9.15 Å². The van der Waals surface area contributed by atoms with Crippen molar-refractivity contribution >= 4 is 11.8 Å². The van der Waals surface area contributed by atoms with Crippen molar-refractivity contribution in [1.29, 1.82) is 0 Å². The molecule has 24 heavy (non-hydrogen) atoms. The Morgan fingerprint density at radius 2 is 2.00 bits per heavy atom. The predicted octanol–water partition coefficient (Wildman–Crippen LogP) is 2.08. The molecule has 0 aliphatic heterocycles. The van der Waals surface area contributed by atoms with E-state index in [0.717, 1.165) is 16.9 Å². The summed E-state index contributed by atoms with van der Waals surface area (Å²) in [4.78, 5) is 23.4. The molecule has 2 N–H and O–H groups in total. The molecule has 0 spiro atoms. The number of hydrogen-bond donors (Lipinski definition) is 2. The SMILES string of the molecule is COc1ccc(C)cc1CCNC(=O)CCNC(=O)c1ccco1. The Bertz CT molecular complexity index is 680. The van der Waals surface area contributed by atoms with E-state index < -0.39 is 0 Å². The van der Waals surface area contributed by atoms with Gasteiger partial charge in [0.1, 0.15) is 5.75 Å². The van der Waals surface area contributed by atoms with Crippen LogP contribution in [-0.2, 0) is 11.2 Å². The van der Waals surface area contributed by atoms with Crippen molar-refractivity contribution in [2.45, 2.75) is 19.8 Å². The summed E-state index contributed by atoms with van der Waals surface area (Å²) in [5.41, 5.74) is 2.21. The first-order valence-electron chi connectivity index (χ1n) is 7.82. The van der Waals surface area contributed by atoms with Crippen molar-refractivity contribution in [2.75, 3.05) is 20.2 Å². The lowest BCUT2D eigenvalue weighted by atomic mass is 10.1. The van der Waals surface area contributed by atoms with Crippen LogP contribution in [0.15, 0.2) is 41.0 Å².